The first-order valence-electron chi connectivity index (χ1n) is 5.18. The van der Waals surface area contributed by atoms with Gasteiger partial charge in [-0.25, -0.2) is 0 Å². The minimum absolute atomic E-state index is 0.103. The van der Waals surface area contributed by atoms with E-state index in [2.05, 4.69) is 5.32 Å². The topological polar surface area (TPSA) is 102 Å². The van der Waals surface area contributed by atoms with Crippen LogP contribution in [0.15, 0.2) is 35.5 Å². The molecule has 0 heterocycles. The average molecular weight is 254 g/mol. The van der Waals surface area contributed by atoms with Crippen LogP contribution in [-0.4, -0.2) is 13.9 Å². The van der Waals surface area contributed by atoms with Gasteiger partial charge in [-0.05, 0) is 12.1 Å². The number of rotatable bonds is 5. The van der Waals surface area contributed by atoms with Crippen LogP contribution in [0.2, 0.25) is 0 Å². The van der Waals surface area contributed by atoms with E-state index in [1.165, 1.54) is 7.11 Å². The van der Waals surface area contributed by atoms with Crippen LogP contribution < -0.4 is 10.1 Å². The van der Waals surface area contributed by atoms with Crippen LogP contribution in [0.3, 0.4) is 0 Å². The third-order valence-electron chi connectivity index (χ3n) is 2.03. The quantitative estimate of drug-likeness (QED) is 0.636. The molecule has 0 fully saturated rings. The van der Waals surface area contributed by atoms with E-state index >= 15 is 0 Å². The summed E-state index contributed by atoms with van der Waals surface area (Å²) in [5, 5.41) is 29.0. The van der Waals surface area contributed by atoms with Gasteiger partial charge < -0.3 is 14.8 Å². The summed E-state index contributed by atoms with van der Waals surface area (Å²) in [5.74, 6) is 0.541. The van der Waals surface area contributed by atoms with Crippen LogP contribution in [0.1, 0.15) is 0 Å². The molecule has 1 aromatic rings. The van der Waals surface area contributed by atoms with Crippen molar-refractivity contribution in [3.05, 3.63) is 35.5 Å². The fourth-order valence-electron chi connectivity index (χ4n) is 1.22. The summed E-state index contributed by atoms with van der Waals surface area (Å²) in [6.45, 7) is 0.103. The molecule has 0 aromatic heterocycles. The molecule has 0 aliphatic carbocycles. The molecule has 0 saturated heterocycles. The Morgan fingerprint density at radius 2 is 1.95 bits per heavy atom. The van der Waals surface area contributed by atoms with Gasteiger partial charge in [-0.3, -0.25) is 0 Å². The Labute approximate surface area is 110 Å². The van der Waals surface area contributed by atoms with Gasteiger partial charge in [0.1, 0.15) is 29.7 Å². The van der Waals surface area contributed by atoms with Crippen molar-refractivity contribution in [2.75, 3.05) is 19.2 Å². The predicted octanol–water partition coefficient (Wildman–Crippen LogP) is 1.91. The molecular formula is C13H10N4O2. The highest BCUT2D eigenvalue weighted by atomic mass is 16.7. The minimum atomic E-state index is -0.272. The number of hydrogen-bond acceptors (Lipinski definition) is 6. The molecule has 1 rings (SSSR count). The van der Waals surface area contributed by atoms with E-state index in [1.54, 1.807) is 42.5 Å². The third-order valence-corrected chi connectivity index (χ3v) is 2.03. The second-order valence-electron chi connectivity index (χ2n) is 3.29. The highest BCUT2D eigenvalue weighted by Crippen LogP contribution is 2.19. The largest absolute Gasteiger partial charge is 0.467 e. The van der Waals surface area contributed by atoms with Crippen molar-refractivity contribution in [1.29, 1.82) is 15.8 Å². The molecule has 0 spiro atoms. The van der Waals surface area contributed by atoms with Gasteiger partial charge in [-0.1, -0.05) is 6.07 Å². The van der Waals surface area contributed by atoms with Crippen LogP contribution in [0.5, 0.6) is 5.75 Å². The Morgan fingerprint density at radius 3 is 2.53 bits per heavy atom. The number of nitriles is 3. The van der Waals surface area contributed by atoms with Crippen LogP contribution >= 0.6 is 0 Å². The van der Waals surface area contributed by atoms with E-state index < -0.39 is 0 Å². The predicted molar refractivity (Wildman–Crippen MR) is 66.4 cm³/mol. The standard InChI is InChI=1S/C13H10N4O2/c1-18-9-19-12-4-2-3-11(5-12)17-13(8-16)10(6-14)7-15/h2-5,17H,9H2,1H3. The first-order chi connectivity index (χ1) is 9.24. The van der Waals surface area contributed by atoms with Crippen molar-refractivity contribution < 1.29 is 9.47 Å². The van der Waals surface area contributed by atoms with Gasteiger partial charge >= 0.3 is 0 Å². The SMILES string of the molecule is COCOc1cccc(NC(C#N)=C(C#N)C#N)c1. The van der Waals surface area contributed by atoms with Crippen LogP contribution in [0, 0.1) is 34.0 Å². The lowest BCUT2D eigenvalue weighted by molar-refractivity contribution is 0.0512. The van der Waals surface area contributed by atoms with Gasteiger partial charge in [0.2, 0.25) is 0 Å². The van der Waals surface area contributed by atoms with Crippen molar-refractivity contribution in [3.8, 4) is 24.0 Å². The number of nitrogens with one attached hydrogen (secondary N) is 1. The molecule has 0 saturated carbocycles. The number of nitrogens with zero attached hydrogens (tertiary/aromatic N) is 3. The summed E-state index contributed by atoms with van der Waals surface area (Å²) in [5.41, 5.74) is 0.160. The first-order valence-corrected chi connectivity index (χ1v) is 5.18. The maximum atomic E-state index is 8.91. The average Bonchev–Trinajstić information content (AvgIpc) is 2.45. The van der Waals surface area contributed by atoms with Gasteiger partial charge in [0, 0.05) is 18.9 Å². The van der Waals surface area contributed by atoms with Crippen molar-refractivity contribution in [2.24, 2.45) is 0 Å². The molecule has 1 aromatic carbocycles. The molecule has 0 bridgehead atoms. The molecule has 0 aliphatic rings. The Kier molecular flexibility index (Phi) is 5.43. The summed E-state index contributed by atoms with van der Waals surface area (Å²) in [6, 6.07) is 11.8. The number of allylic oxidation sites excluding steroid dienone is 2. The maximum absolute atomic E-state index is 8.91. The molecule has 0 atom stereocenters. The Bertz CT molecular complexity index is 586. The molecule has 6 heteroatoms. The lowest BCUT2D eigenvalue weighted by Crippen LogP contribution is -2.02. The zero-order chi connectivity index (χ0) is 14.1. The highest BCUT2D eigenvalue weighted by Gasteiger charge is 2.06. The molecular weight excluding hydrogens is 244 g/mol. The second kappa shape index (κ2) is 7.34. The Morgan fingerprint density at radius 1 is 1.21 bits per heavy atom. The fourth-order valence-corrected chi connectivity index (χ4v) is 1.22. The van der Waals surface area contributed by atoms with Gasteiger partial charge in [-0.15, -0.1) is 0 Å². The summed E-state index contributed by atoms with van der Waals surface area (Å²) >= 11 is 0. The number of ether oxygens (including phenoxy) is 2. The van der Waals surface area contributed by atoms with Crippen molar-refractivity contribution in [3.63, 3.8) is 0 Å². The van der Waals surface area contributed by atoms with E-state index in [0.29, 0.717) is 11.4 Å². The molecule has 94 valence electrons. The number of methoxy groups -OCH3 is 1. The zero-order valence-electron chi connectivity index (χ0n) is 10.2. The Hall–Kier alpha value is -3.01. The first kappa shape index (κ1) is 14.1. The monoisotopic (exact) mass is 254 g/mol. The normalized spacial score (nSPS) is 8.53. The zero-order valence-corrected chi connectivity index (χ0v) is 10.2. The molecule has 0 amide bonds. The second-order valence-corrected chi connectivity index (χ2v) is 3.29. The summed E-state index contributed by atoms with van der Waals surface area (Å²) in [7, 11) is 1.50. The molecule has 1 N–H and O–H groups in total. The maximum Gasteiger partial charge on any atom is 0.188 e. The summed E-state index contributed by atoms with van der Waals surface area (Å²) in [6.07, 6.45) is 0. The van der Waals surface area contributed by atoms with Crippen LogP contribution in [-0.2, 0) is 4.74 Å². The van der Waals surface area contributed by atoms with E-state index in [-0.39, 0.29) is 18.1 Å². The summed E-state index contributed by atoms with van der Waals surface area (Å²) < 4.78 is 10.0. The number of hydrogen-bond donors (Lipinski definition) is 1. The molecule has 0 unspecified atom stereocenters. The number of anilines is 1. The van der Waals surface area contributed by atoms with Crippen molar-refractivity contribution in [1.82, 2.24) is 0 Å². The molecule has 0 radical (unpaired) electrons. The lowest BCUT2D eigenvalue weighted by Gasteiger charge is -2.08. The van der Waals surface area contributed by atoms with E-state index in [1.807, 2.05) is 0 Å². The van der Waals surface area contributed by atoms with Gasteiger partial charge in [0.05, 0.1) is 0 Å². The fraction of sp³-hybridized carbons (Fsp3) is 0.154. The molecule has 19 heavy (non-hydrogen) atoms. The molecule has 6 nitrogen and oxygen atoms in total. The summed E-state index contributed by atoms with van der Waals surface area (Å²) in [4.78, 5) is 0. The van der Waals surface area contributed by atoms with Crippen molar-refractivity contribution in [2.45, 2.75) is 0 Å². The lowest BCUT2D eigenvalue weighted by atomic mass is 10.2. The van der Waals surface area contributed by atoms with Crippen LogP contribution in [0.25, 0.3) is 0 Å². The number of benzene rings is 1. The Balaban J connectivity index is 2.95. The highest BCUT2D eigenvalue weighted by molar-refractivity contribution is 5.59. The minimum Gasteiger partial charge on any atom is -0.467 e. The smallest absolute Gasteiger partial charge is 0.188 e. The third kappa shape index (κ3) is 4.05. The van der Waals surface area contributed by atoms with Gasteiger partial charge in [-0.2, -0.15) is 15.8 Å². The molecule has 0 aliphatic heterocycles. The van der Waals surface area contributed by atoms with E-state index in [9.17, 15) is 0 Å². The van der Waals surface area contributed by atoms with E-state index in [4.69, 9.17) is 25.3 Å². The van der Waals surface area contributed by atoms with E-state index in [0.717, 1.165) is 0 Å². The van der Waals surface area contributed by atoms with Crippen molar-refractivity contribution >= 4 is 5.69 Å². The van der Waals surface area contributed by atoms with Gasteiger partial charge in [0.15, 0.2) is 12.4 Å². The van der Waals surface area contributed by atoms with Crippen LogP contribution in [0.4, 0.5) is 5.69 Å². The van der Waals surface area contributed by atoms with Gasteiger partial charge in [0.25, 0.3) is 0 Å².